The molecular weight excluding hydrogens is 194 g/mol. The third-order valence-electron chi connectivity index (χ3n) is 3.42. The highest BCUT2D eigenvalue weighted by Gasteiger charge is 2.40. The Labute approximate surface area is 88.6 Å². The van der Waals surface area contributed by atoms with Gasteiger partial charge in [-0.1, -0.05) is 19.1 Å². The standard InChI is InChI=1S/C11H19NOS/c1-2-14(13)7-6-12-11-8-9-4-3-5-10(9)11/h3,5,9-12H,2,4,6-8H2,1H3. The Morgan fingerprint density at radius 2 is 2.43 bits per heavy atom. The highest BCUT2D eigenvalue weighted by molar-refractivity contribution is 7.84. The molecule has 3 heteroatoms. The van der Waals surface area contributed by atoms with Gasteiger partial charge in [-0.3, -0.25) is 4.21 Å². The van der Waals surface area contributed by atoms with Gasteiger partial charge < -0.3 is 5.32 Å². The van der Waals surface area contributed by atoms with Crippen LogP contribution in [0.2, 0.25) is 0 Å². The zero-order valence-corrected chi connectivity index (χ0v) is 9.56. The second-order valence-corrected chi connectivity index (χ2v) is 6.10. The molecule has 0 heterocycles. The van der Waals surface area contributed by atoms with Crippen molar-refractivity contribution in [1.29, 1.82) is 0 Å². The Morgan fingerprint density at radius 1 is 1.57 bits per heavy atom. The normalized spacial score (nSPS) is 36.5. The lowest BCUT2D eigenvalue weighted by atomic mass is 9.71. The van der Waals surface area contributed by atoms with E-state index in [0.29, 0.717) is 6.04 Å². The molecule has 2 rings (SSSR count). The van der Waals surface area contributed by atoms with E-state index < -0.39 is 10.8 Å². The lowest BCUT2D eigenvalue weighted by Crippen LogP contribution is -2.49. The quantitative estimate of drug-likeness (QED) is 0.698. The monoisotopic (exact) mass is 213 g/mol. The molecule has 1 saturated carbocycles. The predicted octanol–water partition coefficient (Wildman–Crippen LogP) is 1.31. The van der Waals surface area contributed by atoms with Crippen LogP contribution >= 0.6 is 0 Å². The smallest absolute Gasteiger partial charge is 0.0360 e. The van der Waals surface area contributed by atoms with Gasteiger partial charge in [0.1, 0.15) is 0 Å². The van der Waals surface area contributed by atoms with Crippen molar-refractivity contribution in [3.05, 3.63) is 12.2 Å². The van der Waals surface area contributed by atoms with Gasteiger partial charge in [-0.05, 0) is 24.7 Å². The van der Waals surface area contributed by atoms with Crippen LogP contribution in [0.3, 0.4) is 0 Å². The van der Waals surface area contributed by atoms with Gasteiger partial charge in [0, 0.05) is 34.9 Å². The molecule has 0 aromatic carbocycles. The number of nitrogens with one attached hydrogen (secondary N) is 1. The topological polar surface area (TPSA) is 29.1 Å². The highest BCUT2D eigenvalue weighted by atomic mass is 32.2. The van der Waals surface area contributed by atoms with Gasteiger partial charge in [0.2, 0.25) is 0 Å². The van der Waals surface area contributed by atoms with E-state index in [1.165, 1.54) is 12.8 Å². The zero-order chi connectivity index (χ0) is 9.97. The minimum atomic E-state index is -0.608. The fourth-order valence-electron chi connectivity index (χ4n) is 2.45. The summed E-state index contributed by atoms with van der Waals surface area (Å²) in [4.78, 5) is 0. The van der Waals surface area contributed by atoms with Crippen molar-refractivity contribution in [2.24, 2.45) is 11.8 Å². The van der Waals surface area contributed by atoms with Crippen LogP contribution in [0.5, 0.6) is 0 Å². The fraction of sp³-hybridized carbons (Fsp3) is 0.818. The molecule has 0 saturated heterocycles. The van der Waals surface area contributed by atoms with Gasteiger partial charge in [-0.2, -0.15) is 0 Å². The number of rotatable bonds is 5. The first kappa shape index (κ1) is 10.4. The van der Waals surface area contributed by atoms with E-state index in [9.17, 15) is 4.21 Å². The third-order valence-corrected chi connectivity index (χ3v) is 4.72. The first-order chi connectivity index (χ1) is 6.81. The summed E-state index contributed by atoms with van der Waals surface area (Å²) in [6.07, 6.45) is 7.25. The summed E-state index contributed by atoms with van der Waals surface area (Å²) in [7, 11) is -0.608. The molecule has 0 aromatic rings. The van der Waals surface area contributed by atoms with Crippen LogP contribution in [-0.4, -0.2) is 28.3 Å². The van der Waals surface area contributed by atoms with Gasteiger partial charge >= 0.3 is 0 Å². The van der Waals surface area contributed by atoms with Gasteiger partial charge in [-0.15, -0.1) is 0 Å². The maximum absolute atomic E-state index is 11.2. The zero-order valence-electron chi connectivity index (χ0n) is 8.74. The van der Waals surface area contributed by atoms with Crippen molar-refractivity contribution in [3.63, 3.8) is 0 Å². The van der Waals surface area contributed by atoms with E-state index in [1.807, 2.05) is 6.92 Å². The molecule has 1 N–H and O–H groups in total. The third kappa shape index (κ3) is 2.09. The minimum Gasteiger partial charge on any atom is -0.312 e. The predicted molar refractivity (Wildman–Crippen MR) is 60.7 cm³/mol. The van der Waals surface area contributed by atoms with E-state index >= 15 is 0 Å². The van der Waals surface area contributed by atoms with Crippen LogP contribution in [0.15, 0.2) is 12.2 Å². The summed E-state index contributed by atoms with van der Waals surface area (Å²) in [6, 6.07) is 0.674. The van der Waals surface area contributed by atoms with Gasteiger partial charge in [0.15, 0.2) is 0 Å². The van der Waals surface area contributed by atoms with Crippen LogP contribution in [0.1, 0.15) is 19.8 Å². The maximum atomic E-state index is 11.2. The van der Waals surface area contributed by atoms with Crippen LogP contribution in [0.25, 0.3) is 0 Å². The van der Waals surface area contributed by atoms with Crippen LogP contribution in [-0.2, 0) is 10.8 Å². The average Bonchev–Trinajstić information content (AvgIpc) is 2.54. The molecule has 0 amide bonds. The molecular formula is C11H19NOS. The summed E-state index contributed by atoms with van der Waals surface area (Å²) in [6.45, 7) is 2.90. The van der Waals surface area contributed by atoms with Gasteiger partial charge in [0.05, 0.1) is 0 Å². The van der Waals surface area contributed by atoms with E-state index in [2.05, 4.69) is 17.5 Å². The minimum absolute atomic E-state index is 0.608. The molecule has 0 spiro atoms. The molecule has 0 aliphatic heterocycles. The summed E-state index contributed by atoms with van der Waals surface area (Å²) in [5, 5.41) is 3.51. The Bertz CT molecular complexity index is 252. The van der Waals surface area contributed by atoms with Crippen molar-refractivity contribution in [2.75, 3.05) is 18.1 Å². The van der Waals surface area contributed by atoms with Crippen LogP contribution < -0.4 is 5.32 Å². The Morgan fingerprint density at radius 3 is 3.14 bits per heavy atom. The molecule has 0 radical (unpaired) electrons. The first-order valence-corrected chi connectivity index (χ1v) is 7.05. The van der Waals surface area contributed by atoms with Crippen molar-refractivity contribution >= 4 is 10.8 Å². The number of hydrogen-bond donors (Lipinski definition) is 1. The van der Waals surface area contributed by atoms with Crippen LogP contribution in [0.4, 0.5) is 0 Å². The van der Waals surface area contributed by atoms with E-state index in [0.717, 1.165) is 29.9 Å². The molecule has 4 unspecified atom stereocenters. The Hall–Kier alpha value is -0.150. The maximum Gasteiger partial charge on any atom is 0.0360 e. The number of hydrogen-bond acceptors (Lipinski definition) is 2. The Kier molecular flexibility index (Phi) is 3.39. The SMILES string of the molecule is CCS(=O)CCNC1CC2CC=CC21. The fourth-order valence-corrected chi connectivity index (χ4v) is 3.08. The molecule has 0 bridgehead atoms. The molecule has 4 atom stereocenters. The lowest BCUT2D eigenvalue weighted by molar-refractivity contribution is 0.166. The molecule has 14 heavy (non-hydrogen) atoms. The molecule has 2 aliphatic carbocycles. The highest BCUT2D eigenvalue weighted by Crippen LogP contribution is 2.42. The van der Waals surface area contributed by atoms with E-state index in [4.69, 9.17) is 0 Å². The van der Waals surface area contributed by atoms with Gasteiger partial charge in [0.25, 0.3) is 0 Å². The second-order valence-electron chi connectivity index (χ2n) is 4.23. The van der Waals surface area contributed by atoms with Crippen LogP contribution in [0, 0.1) is 11.8 Å². The summed E-state index contributed by atoms with van der Waals surface area (Å²) in [5.74, 6) is 3.31. The van der Waals surface area contributed by atoms with E-state index in [-0.39, 0.29) is 0 Å². The number of fused-ring (bicyclic) bond motifs is 1. The molecule has 80 valence electrons. The van der Waals surface area contributed by atoms with Gasteiger partial charge in [-0.25, -0.2) is 0 Å². The van der Waals surface area contributed by atoms with Crippen molar-refractivity contribution < 1.29 is 4.21 Å². The summed E-state index contributed by atoms with van der Waals surface area (Å²) >= 11 is 0. The Balaban J connectivity index is 1.63. The first-order valence-electron chi connectivity index (χ1n) is 5.56. The van der Waals surface area contributed by atoms with Crippen molar-refractivity contribution in [1.82, 2.24) is 5.32 Å². The summed E-state index contributed by atoms with van der Waals surface area (Å²) in [5.41, 5.74) is 0. The molecule has 0 aromatic heterocycles. The second kappa shape index (κ2) is 4.58. The van der Waals surface area contributed by atoms with E-state index in [1.54, 1.807) is 0 Å². The van der Waals surface area contributed by atoms with Crippen molar-refractivity contribution in [2.45, 2.75) is 25.8 Å². The molecule has 2 nitrogen and oxygen atoms in total. The van der Waals surface area contributed by atoms with Crippen molar-refractivity contribution in [3.8, 4) is 0 Å². The number of allylic oxidation sites excluding steroid dienone is 1. The largest absolute Gasteiger partial charge is 0.312 e. The molecule has 2 aliphatic rings. The molecule has 1 fully saturated rings. The lowest BCUT2D eigenvalue weighted by Gasteiger charge is -2.40. The summed E-state index contributed by atoms with van der Waals surface area (Å²) < 4.78 is 11.2. The average molecular weight is 213 g/mol.